The molecule has 2 unspecified atom stereocenters. The van der Waals surface area contributed by atoms with Gasteiger partial charge in [-0.05, 0) is 62.6 Å². The van der Waals surface area contributed by atoms with E-state index in [1.165, 1.54) is 20.0 Å². The van der Waals surface area contributed by atoms with Gasteiger partial charge >= 0.3 is 6.18 Å². The van der Waals surface area contributed by atoms with Crippen molar-refractivity contribution in [2.24, 2.45) is 0 Å². The SMILES string of the molecule is CC(NC(=O)C(C)(C)Oc1cc(C(F)(F)F)ccn1)C(Cc1ccc(Cl)cc1)c1cncc(C#N)c1. The molecule has 2 heterocycles. The molecule has 0 bridgehead atoms. The highest BCUT2D eigenvalue weighted by molar-refractivity contribution is 6.30. The van der Waals surface area contributed by atoms with E-state index in [2.05, 4.69) is 21.4 Å². The van der Waals surface area contributed by atoms with Gasteiger partial charge < -0.3 is 10.1 Å². The fourth-order valence-electron chi connectivity index (χ4n) is 3.61. The minimum Gasteiger partial charge on any atom is -0.462 e. The molecule has 1 N–H and O–H groups in total. The number of pyridine rings is 2. The van der Waals surface area contributed by atoms with Crippen LogP contribution in [0.2, 0.25) is 5.02 Å². The summed E-state index contributed by atoms with van der Waals surface area (Å²) in [6.45, 7) is 4.70. The van der Waals surface area contributed by atoms with E-state index >= 15 is 0 Å². The van der Waals surface area contributed by atoms with E-state index in [9.17, 15) is 23.2 Å². The van der Waals surface area contributed by atoms with Crippen LogP contribution >= 0.6 is 11.6 Å². The van der Waals surface area contributed by atoms with Crippen LogP contribution in [-0.2, 0) is 17.4 Å². The molecule has 0 aliphatic carbocycles. The Morgan fingerprint density at radius 3 is 2.50 bits per heavy atom. The summed E-state index contributed by atoms with van der Waals surface area (Å²) in [4.78, 5) is 21.1. The van der Waals surface area contributed by atoms with E-state index in [0.717, 1.165) is 29.5 Å². The molecule has 0 fully saturated rings. The first-order valence-electron chi connectivity index (χ1n) is 11.0. The standard InChI is InChI=1S/C26H24ClF3N4O2/c1-16(34-24(35)25(2,3)36-23-12-20(8-9-33-23)26(28,29)30)22(11-17-4-6-21(27)7-5-17)19-10-18(13-31)14-32-15-19/h4-10,12,14-16,22H,11H2,1-3H3,(H,34,35). The first-order chi connectivity index (χ1) is 16.9. The average molecular weight is 517 g/mol. The largest absolute Gasteiger partial charge is 0.462 e. The zero-order valence-electron chi connectivity index (χ0n) is 19.8. The molecule has 36 heavy (non-hydrogen) atoms. The summed E-state index contributed by atoms with van der Waals surface area (Å²) in [6, 6.07) is 12.2. The molecule has 188 valence electrons. The summed E-state index contributed by atoms with van der Waals surface area (Å²) < 4.78 is 44.7. The van der Waals surface area contributed by atoms with Crippen molar-refractivity contribution in [3.8, 4) is 11.9 Å². The summed E-state index contributed by atoms with van der Waals surface area (Å²) in [5.74, 6) is -1.14. The number of nitrogens with zero attached hydrogens (tertiary/aromatic N) is 3. The predicted molar refractivity (Wildman–Crippen MR) is 128 cm³/mol. The monoisotopic (exact) mass is 516 g/mol. The highest BCUT2D eigenvalue weighted by Crippen LogP contribution is 2.31. The average Bonchev–Trinajstić information content (AvgIpc) is 2.83. The van der Waals surface area contributed by atoms with Crippen LogP contribution in [0.25, 0.3) is 0 Å². The van der Waals surface area contributed by atoms with Gasteiger partial charge in [-0.15, -0.1) is 0 Å². The summed E-state index contributed by atoms with van der Waals surface area (Å²) in [7, 11) is 0. The van der Waals surface area contributed by atoms with Gasteiger partial charge in [0.1, 0.15) is 6.07 Å². The molecule has 3 aromatic rings. The quantitative estimate of drug-likeness (QED) is 0.414. The second-order valence-corrected chi connectivity index (χ2v) is 9.25. The molecule has 0 saturated heterocycles. The van der Waals surface area contributed by atoms with E-state index in [-0.39, 0.29) is 11.8 Å². The number of alkyl halides is 3. The number of ether oxygens (including phenoxy) is 1. The van der Waals surface area contributed by atoms with Crippen molar-refractivity contribution in [2.75, 3.05) is 0 Å². The van der Waals surface area contributed by atoms with Crippen LogP contribution in [0.4, 0.5) is 13.2 Å². The lowest BCUT2D eigenvalue weighted by molar-refractivity contribution is -0.138. The van der Waals surface area contributed by atoms with Crippen molar-refractivity contribution >= 4 is 17.5 Å². The highest BCUT2D eigenvalue weighted by atomic mass is 35.5. The van der Waals surface area contributed by atoms with Crippen molar-refractivity contribution < 1.29 is 22.7 Å². The summed E-state index contributed by atoms with van der Waals surface area (Å²) in [5.41, 5.74) is -0.369. The summed E-state index contributed by atoms with van der Waals surface area (Å²) in [6.07, 6.45) is 0.00396. The molecule has 0 radical (unpaired) electrons. The van der Waals surface area contributed by atoms with Gasteiger partial charge in [-0.2, -0.15) is 18.4 Å². The van der Waals surface area contributed by atoms with E-state index in [1.807, 2.05) is 12.1 Å². The molecule has 1 aromatic carbocycles. The molecule has 3 rings (SSSR count). The number of carbonyl (C=O) groups is 1. The molecule has 0 aliphatic rings. The molecule has 1 amide bonds. The van der Waals surface area contributed by atoms with Gasteiger partial charge in [-0.1, -0.05) is 23.7 Å². The number of halogens is 4. The Balaban J connectivity index is 1.82. The topological polar surface area (TPSA) is 87.9 Å². The Hall–Kier alpha value is -3.64. The van der Waals surface area contributed by atoms with Crippen molar-refractivity contribution in [3.63, 3.8) is 0 Å². The maximum atomic E-state index is 13.1. The van der Waals surface area contributed by atoms with Crippen molar-refractivity contribution in [2.45, 2.75) is 50.9 Å². The minimum atomic E-state index is -4.57. The normalized spacial score (nSPS) is 13.4. The summed E-state index contributed by atoms with van der Waals surface area (Å²) in [5, 5.41) is 12.8. The number of aromatic nitrogens is 2. The number of hydrogen-bond acceptors (Lipinski definition) is 5. The van der Waals surface area contributed by atoms with E-state index < -0.39 is 29.3 Å². The van der Waals surface area contributed by atoms with Crippen molar-refractivity contribution in [3.05, 3.63) is 88.3 Å². The number of carbonyl (C=O) groups excluding carboxylic acids is 1. The van der Waals surface area contributed by atoms with Gasteiger partial charge in [0.15, 0.2) is 5.60 Å². The maximum Gasteiger partial charge on any atom is 0.416 e. The lowest BCUT2D eigenvalue weighted by Gasteiger charge is -2.30. The van der Waals surface area contributed by atoms with Crippen LogP contribution < -0.4 is 10.1 Å². The molecule has 0 spiro atoms. The van der Waals surface area contributed by atoms with Crippen LogP contribution in [0, 0.1) is 11.3 Å². The smallest absolute Gasteiger partial charge is 0.416 e. The minimum absolute atomic E-state index is 0.279. The van der Waals surface area contributed by atoms with Gasteiger partial charge in [0.25, 0.3) is 5.91 Å². The van der Waals surface area contributed by atoms with Gasteiger partial charge in [-0.25, -0.2) is 4.98 Å². The van der Waals surface area contributed by atoms with Gasteiger partial charge in [-0.3, -0.25) is 9.78 Å². The third kappa shape index (κ3) is 6.95. The number of hydrogen-bond donors (Lipinski definition) is 1. The first-order valence-corrected chi connectivity index (χ1v) is 11.4. The Morgan fingerprint density at radius 2 is 1.86 bits per heavy atom. The molecular weight excluding hydrogens is 493 g/mol. The highest BCUT2D eigenvalue weighted by Gasteiger charge is 2.35. The molecule has 2 aromatic heterocycles. The number of benzene rings is 1. The van der Waals surface area contributed by atoms with E-state index in [1.54, 1.807) is 31.3 Å². The maximum absolute atomic E-state index is 13.1. The molecule has 0 saturated carbocycles. The Morgan fingerprint density at radius 1 is 1.17 bits per heavy atom. The van der Waals surface area contributed by atoms with Crippen molar-refractivity contribution in [1.82, 2.24) is 15.3 Å². The fourth-order valence-corrected chi connectivity index (χ4v) is 3.74. The Bertz CT molecular complexity index is 1260. The predicted octanol–water partition coefficient (Wildman–Crippen LogP) is 5.71. The number of amides is 1. The van der Waals surface area contributed by atoms with E-state index in [4.69, 9.17) is 16.3 Å². The fraction of sp³-hybridized carbons (Fsp3) is 0.308. The number of rotatable bonds is 8. The first kappa shape index (κ1) is 27.0. The molecule has 0 aliphatic heterocycles. The van der Waals surface area contributed by atoms with Gasteiger partial charge in [0, 0.05) is 41.6 Å². The van der Waals surface area contributed by atoms with Gasteiger partial charge in [0.05, 0.1) is 11.1 Å². The molecule has 6 nitrogen and oxygen atoms in total. The summed E-state index contributed by atoms with van der Waals surface area (Å²) >= 11 is 6.00. The molecule has 10 heteroatoms. The lowest BCUT2D eigenvalue weighted by Crippen LogP contribution is -2.51. The van der Waals surface area contributed by atoms with Crippen LogP contribution in [0.15, 0.2) is 61.1 Å². The van der Waals surface area contributed by atoms with Crippen LogP contribution in [0.3, 0.4) is 0 Å². The lowest BCUT2D eigenvalue weighted by atomic mass is 9.86. The zero-order valence-corrected chi connectivity index (χ0v) is 20.6. The third-order valence-corrected chi connectivity index (χ3v) is 5.87. The van der Waals surface area contributed by atoms with E-state index in [0.29, 0.717) is 17.0 Å². The van der Waals surface area contributed by atoms with Gasteiger partial charge in [0.2, 0.25) is 5.88 Å². The Kier molecular flexibility index (Phi) is 8.21. The van der Waals surface area contributed by atoms with Crippen molar-refractivity contribution in [1.29, 1.82) is 5.26 Å². The number of nitriles is 1. The number of nitrogens with one attached hydrogen (secondary N) is 1. The molecular formula is C26H24ClF3N4O2. The molecule has 2 atom stereocenters. The zero-order chi connectivity index (χ0) is 26.5. The van der Waals surface area contributed by atoms with Crippen LogP contribution in [0.5, 0.6) is 5.88 Å². The second kappa shape index (κ2) is 11.0. The second-order valence-electron chi connectivity index (χ2n) is 8.81. The Labute approximate surface area is 212 Å². The van der Waals surface area contributed by atoms with Crippen LogP contribution in [0.1, 0.15) is 48.9 Å². The van der Waals surface area contributed by atoms with Crippen LogP contribution in [-0.4, -0.2) is 27.5 Å². The third-order valence-electron chi connectivity index (χ3n) is 5.62.